The Bertz CT molecular complexity index is 1950. The lowest BCUT2D eigenvalue weighted by Crippen LogP contribution is -2.22. The van der Waals surface area contributed by atoms with Gasteiger partial charge in [0.25, 0.3) is 0 Å². The summed E-state index contributed by atoms with van der Waals surface area (Å²) in [6, 6.07) is 47.8. The lowest BCUT2D eigenvalue weighted by molar-refractivity contribution is 0.150. The van der Waals surface area contributed by atoms with E-state index in [9.17, 15) is 10.2 Å². The molecular formula is C42H26O2. The fraction of sp³-hybridized carbons (Fsp3) is 0.0476. The van der Waals surface area contributed by atoms with Crippen LogP contribution in [0.2, 0.25) is 0 Å². The Hall–Kier alpha value is -5.64. The fourth-order valence-electron chi connectivity index (χ4n) is 6.51. The summed E-state index contributed by atoms with van der Waals surface area (Å²) in [6.07, 6.45) is 0. The third-order valence-corrected chi connectivity index (χ3v) is 8.73. The van der Waals surface area contributed by atoms with E-state index in [1.807, 2.05) is 146 Å². The Labute approximate surface area is 256 Å². The second-order valence-electron chi connectivity index (χ2n) is 11.3. The SMILES string of the molecule is OC1(C#Cc2ccc(-c3ccc(C#CC4(O)c5ccccc5-c5ccccc54)cc3)cc2)c2ccccc2-c2ccccc21. The van der Waals surface area contributed by atoms with E-state index in [2.05, 4.69) is 23.7 Å². The molecule has 8 rings (SSSR count). The zero-order valence-electron chi connectivity index (χ0n) is 23.8. The highest BCUT2D eigenvalue weighted by Crippen LogP contribution is 2.48. The number of rotatable bonds is 1. The van der Waals surface area contributed by atoms with Crippen LogP contribution in [-0.2, 0) is 11.2 Å². The summed E-state index contributed by atoms with van der Waals surface area (Å²) in [5, 5.41) is 23.5. The van der Waals surface area contributed by atoms with Gasteiger partial charge in [-0.1, -0.05) is 145 Å². The molecule has 2 aliphatic rings. The van der Waals surface area contributed by atoms with Crippen LogP contribution in [0, 0.1) is 23.7 Å². The maximum absolute atomic E-state index is 11.7. The molecule has 44 heavy (non-hydrogen) atoms. The van der Waals surface area contributed by atoms with Crippen molar-refractivity contribution >= 4 is 0 Å². The molecule has 2 N–H and O–H groups in total. The first kappa shape index (κ1) is 26.0. The molecule has 0 radical (unpaired) electrons. The fourth-order valence-corrected chi connectivity index (χ4v) is 6.51. The summed E-state index contributed by atoms with van der Waals surface area (Å²) in [5.74, 6) is 12.8. The predicted octanol–water partition coefficient (Wildman–Crippen LogP) is 7.89. The van der Waals surface area contributed by atoms with E-state index in [0.717, 1.165) is 66.8 Å². The first-order valence-corrected chi connectivity index (χ1v) is 14.6. The monoisotopic (exact) mass is 562 g/mol. The molecule has 0 bridgehead atoms. The second kappa shape index (κ2) is 9.98. The van der Waals surface area contributed by atoms with Crippen LogP contribution >= 0.6 is 0 Å². The third-order valence-electron chi connectivity index (χ3n) is 8.73. The minimum Gasteiger partial charge on any atom is -0.369 e. The van der Waals surface area contributed by atoms with Gasteiger partial charge < -0.3 is 10.2 Å². The number of benzene rings is 6. The van der Waals surface area contributed by atoms with E-state index in [4.69, 9.17) is 0 Å². The summed E-state index contributed by atoms with van der Waals surface area (Å²) >= 11 is 0. The summed E-state index contributed by atoms with van der Waals surface area (Å²) < 4.78 is 0. The first-order chi connectivity index (χ1) is 21.5. The molecule has 2 nitrogen and oxygen atoms in total. The number of hydrogen-bond donors (Lipinski definition) is 2. The molecule has 0 heterocycles. The zero-order valence-corrected chi connectivity index (χ0v) is 23.8. The van der Waals surface area contributed by atoms with Crippen LogP contribution in [0.5, 0.6) is 0 Å². The maximum atomic E-state index is 11.7. The highest BCUT2D eigenvalue weighted by Gasteiger charge is 2.41. The molecule has 0 fully saturated rings. The second-order valence-corrected chi connectivity index (χ2v) is 11.3. The van der Waals surface area contributed by atoms with Crippen molar-refractivity contribution in [2.45, 2.75) is 11.2 Å². The largest absolute Gasteiger partial charge is 0.369 e. The van der Waals surface area contributed by atoms with Gasteiger partial charge in [-0.05, 0) is 57.6 Å². The van der Waals surface area contributed by atoms with Crippen LogP contribution in [-0.4, -0.2) is 10.2 Å². The van der Waals surface area contributed by atoms with Gasteiger partial charge in [0.1, 0.15) is 0 Å². The van der Waals surface area contributed by atoms with Crippen molar-refractivity contribution in [3.8, 4) is 57.1 Å². The van der Waals surface area contributed by atoms with Gasteiger partial charge in [0.15, 0.2) is 11.2 Å². The third kappa shape index (κ3) is 4.02. The molecule has 0 unspecified atom stereocenters. The number of fused-ring (bicyclic) bond motifs is 6. The van der Waals surface area contributed by atoms with E-state index in [1.165, 1.54) is 0 Å². The van der Waals surface area contributed by atoms with E-state index in [0.29, 0.717) is 0 Å². The highest BCUT2D eigenvalue weighted by atomic mass is 16.3. The lowest BCUT2D eigenvalue weighted by Gasteiger charge is -2.18. The quantitative estimate of drug-likeness (QED) is 0.200. The average molecular weight is 563 g/mol. The van der Waals surface area contributed by atoms with Gasteiger partial charge in [-0.3, -0.25) is 0 Å². The molecule has 0 spiro atoms. The van der Waals surface area contributed by atoms with Crippen molar-refractivity contribution < 1.29 is 10.2 Å². The average Bonchev–Trinajstić information content (AvgIpc) is 3.50. The molecule has 206 valence electrons. The van der Waals surface area contributed by atoms with Crippen LogP contribution < -0.4 is 0 Å². The molecule has 0 amide bonds. The van der Waals surface area contributed by atoms with Gasteiger partial charge in [0.2, 0.25) is 0 Å². The minimum absolute atomic E-state index is 0.821. The zero-order chi connectivity index (χ0) is 29.7. The van der Waals surface area contributed by atoms with E-state index in [1.54, 1.807) is 0 Å². The summed E-state index contributed by atoms with van der Waals surface area (Å²) in [5.41, 5.74) is 8.46. The number of hydrogen-bond acceptors (Lipinski definition) is 2. The van der Waals surface area contributed by atoms with Crippen LogP contribution in [0.15, 0.2) is 146 Å². The van der Waals surface area contributed by atoms with Crippen molar-refractivity contribution in [3.63, 3.8) is 0 Å². The van der Waals surface area contributed by atoms with Gasteiger partial charge >= 0.3 is 0 Å². The van der Waals surface area contributed by atoms with Gasteiger partial charge in [-0.15, -0.1) is 0 Å². The first-order valence-electron chi connectivity index (χ1n) is 14.6. The van der Waals surface area contributed by atoms with Crippen molar-refractivity contribution in [2.24, 2.45) is 0 Å². The molecule has 6 aromatic carbocycles. The van der Waals surface area contributed by atoms with Crippen molar-refractivity contribution in [2.75, 3.05) is 0 Å². The standard InChI is InChI=1S/C42H26O2/c43-41(37-13-5-1-9-33(37)34-10-2-6-14-38(34)41)27-25-29-17-21-31(22-18-29)32-23-19-30(20-24-32)26-28-42(44)39-15-7-3-11-35(39)36-12-4-8-16-40(36)42/h1-24,43-44H. The molecule has 0 saturated heterocycles. The van der Waals surface area contributed by atoms with Crippen LogP contribution in [0.4, 0.5) is 0 Å². The summed E-state index contributed by atoms with van der Waals surface area (Å²) in [6.45, 7) is 0. The van der Waals surface area contributed by atoms with E-state index >= 15 is 0 Å². The number of aliphatic hydroxyl groups is 2. The Morgan fingerprint density at radius 2 is 0.614 bits per heavy atom. The molecule has 0 aromatic heterocycles. The molecule has 6 aromatic rings. The minimum atomic E-state index is -1.35. The Balaban J connectivity index is 1.05. The Morgan fingerprint density at radius 1 is 0.341 bits per heavy atom. The molecule has 2 heteroatoms. The van der Waals surface area contributed by atoms with E-state index < -0.39 is 11.2 Å². The normalized spacial score (nSPS) is 14.1. The van der Waals surface area contributed by atoms with Gasteiger partial charge in [0, 0.05) is 33.4 Å². The van der Waals surface area contributed by atoms with Crippen LogP contribution in [0.1, 0.15) is 33.4 Å². The summed E-state index contributed by atoms with van der Waals surface area (Å²) in [4.78, 5) is 0. The Kier molecular flexibility index (Phi) is 5.90. The molecule has 0 aliphatic heterocycles. The molecule has 0 atom stereocenters. The van der Waals surface area contributed by atoms with Gasteiger partial charge in [-0.2, -0.15) is 0 Å². The van der Waals surface area contributed by atoms with Crippen molar-refractivity contribution in [1.29, 1.82) is 0 Å². The van der Waals surface area contributed by atoms with Gasteiger partial charge in [-0.25, -0.2) is 0 Å². The maximum Gasteiger partial charge on any atom is 0.178 e. The topological polar surface area (TPSA) is 40.5 Å². The molecule has 0 saturated carbocycles. The summed E-state index contributed by atoms with van der Waals surface area (Å²) in [7, 11) is 0. The Morgan fingerprint density at radius 3 is 0.909 bits per heavy atom. The van der Waals surface area contributed by atoms with Crippen molar-refractivity contribution in [1.82, 2.24) is 0 Å². The highest BCUT2D eigenvalue weighted by molar-refractivity contribution is 5.83. The molecular weight excluding hydrogens is 536 g/mol. The smallest absolute Gasteiger partial charge is 0.178 e. The lowest BCUT2D eigenvalue weighted by atomic mass is 9.91. The van der Waals surface area contributed by atoms with Crippen LogP contribution in [0.25, 0.3) is 33.4 Å². The predicted molar refractivity (Wildman–Crippen MR) is 175 cm³/mol. The van der Waals surface area contributed by atoms with Crippen molar-refractivity contribution in [3.05, 3.63) is 179 Å². The van der Waals surface area contributed by atoms with Crippen LogP contribution in [0.3, 0.4) is 0 Å². The van der Waals surface area contributed by atoms with E-state index in [-0.39, 0.29) is 0 Å². The van der Waals surface area contributed by atoms with Gasteiger partial charge in [0.05, 0.1) is 0 Å². The molecule has 2 aliphatic carbocycles.